The van der Waals surface area contributed by atoms with Gasteiger partial charge in [0.25, 0.3) is 0 Å². The zero-order chi connectivity index (χ0) is 8.72. The van der Waals surface area contributed by atoms with E-state index in [4.69, 9.17) is 5.73 Å². The van der Waals surface area contributed by atoms with Gasteiger partial charge in [-0.05, 0) is 12.8 Å². The monoisotopic (exact) mass is 168 g/mol. The smallest absolute Gasteiger partial charge is 0.222 e. The van der Waals surface area contributed by atoms with E-state index in [1.54, 1.807) is 4.90 Å². The van der Waals surface area contributed by atoms with Gasteiger partial charge >= 0.3 is 0 Å². The number of primary amides is 1. The molecule has 2 atom stereocenters. The highest BCUT2D eigenvalue weighted by atomic mass is 16.2. The van der Waals surface area contributed by atoms with Crippen LogP contribution >= 0.6 is 0 Å². The normalized spacial score (nSPS) is 34.0. The fourth-order valence-electron chi connectivity index (χ4n) is 2.27. The molecule has 2 aliphatic heterocycles. The summed E-state index contributed by atoms with van der Waals surface area (Å²) in [5, 5.41) is 0. The molecule has 0 aliphatic carbocycles. The molecule has 4 heteroatoms. The lowest BCUT2D eigenvalue weighted by Crippen LogP contribution is -2.35. The van der Waals surface area contributed by atoms with Crippen LogP contribution in [0.3, 0.4) is 0 Å². The molecular weight excluding hydrogens is 156 g/mol. The Morgan fingerprint density at radius 3 is 2.92 bits per heavy atom. The van der Waals surface area contributed by atoms with E-state index >= 15 is 0 Å². The first kappa shape index (κ1) is 7.58. The molecule has 4 nitrogen and oxygen atoms in total. The number of amides is 2. The zero-order valence-electron chi connectivity index (χ0n) is 6.82. The van der Waals surface area contributed by atoms with E-state index < -0.39 is 0 Å². The van der Waals surface area contributed by atoms with Crippen molar-refractivity contribution in [2.45, 2.75) is 25.3 Å². The molecule has 2 unspecified atom stereocenters. The van der Waals surface area contributed by atoms with Gasteiger partial charge in [-0.2, -0.15) is 0 Å². The van der Waals surface area contributed by atoms with Crippen LogP contribution in [0.25, 0.3) is 0 Å². The molecule has 2 aliphatic rings. The SMILES string of the molecule is NC(=O)C1CCN2C(=O)CCC12. The number of nitrogens with two attached hydrogens (primary N) is 1. The van der Waals surface area contributed by atoms with Crippen LogP contribution in [0, 0.1) is 5.92 Å². The summed E-state index contributed by atoms with van der Waals surface area (Å²) < 4.78 is 0. The van der Waals surface area contributed by atoms with Crippen molar-refractivity contribution in [2.24, 2.45) is 11.7 Å². The predicted molar refractivity (Wildman–Crippen MR) is 42.0 cm³/mol. The number of carbonyl (C=O) groups excluding carboxylic acids is 2. The van der Waals surface area contributed by atoms with Gasteiger partial charge in [-0.3, -0.25) is 9.59 Å². The number of fused-ring (bicyclic) bond motifs is 1. The van der Waals surface area contributed by atoms with Crippen LogP contribution in [-0.4, -0.2) is 29.3 Å². The highest BCUT2D eigenvalue weighted by molar-refractivity contribution is 5.84. The first-order valence-electron chi connectivity index (χ1n) is 4.29. The summed E-state index contributed by atoms with van der Waals surface area (Å²) in [6.45, 7) is 0.719. The number of rotatable bonds is 1. The lowest BCUT2D eigenvalue weighted by atomic mass is 9.98. The summed E-state index contributed by atoms with van der Waals surface area (Å²) in [5.41, 5.74) is 5.22. The fourth-order valence-corrected chi connectivity index (χ4v) is 2.27. The van der Waals surface area contributed by atoms with E-state index in [-0.39, 0.29) is 23.8 Å². The van der Waals surface area contributed by atoms with Crippen LogP contribution in [0.4, 0.5) is 0 Å². The third-order valence-electron chi connectivity index (χ3n) is 2.89. The average Bonchev–Trinajstić information content (AvgIpc) is 2.53. The van der Waals surface area contributed by atoms with Gasteiger partial charge in [-0.1, -0.05) is 0 Å². The van der Waals surface area contributed by atoms with E-state index in [0.717, 1.165) is 19.4 Å². The minimum Gasteiger partial charge on any atom is -0.369 e. The maximum absolute atomic E-state index is 11.2. The van der Waals surface area contributed by atoms with Crippen molar-refractivity contribution in [1.29, 1.82) is 0 Å². The van der Waals surface area contributed by atoms with Gasteiger partial charge in [0.2, 0.25) is 11.8 Å². The second-order valence-electron chi connectivity index (χ2n) is 3.49. The largest absolute Gasteiger partial charge is 0.369 e. The zero-order valence-corrected chi connectivity index (χ0v) is 6.82. The van der Waals surface area contributed by atoms with Crippen molar-refractivity contribution in [2.75, 3.05) is 6.54 Å². The maximum atomic E-state index is 11.2. The second kappa shape index (κ2) is 2.47. The Kier molecular flexibility index (Phi) is 1.56. The quantitative estimate of drug-likeness (QED) is 0.572. The number of carbonyl (C=O) groups is 2. The van der Waals surface area contributed by atoms with Crippen molar-refractivity contribution in [3.8, 4) is 0 Å². The molecule has 2 amide bonds. The lowest BCUT2D eigenvalue weighted by Gasteiger charge is -2.17. The third-order valence-corrected chi connectivity index (χ3v) is 2.89. The van der Waals surface area contributed by atoms with Gasteiger partial charge in [-0.15, -0.1) is 0 Å². The molecule has 0 saturated carbocycles. The van der Waals surface area contributed by atoms with Crippen LogP contribution in [0.1, 0.15) is 19.3 Å². The topological polar surface area (TPSA) is 63.4 Å². The fraction of sp³-hybridized carbons (Fsp3) is 0.750. The summed E-state index contributed by atoms with van der Waals surface area (Å²) >= 11 is 0. The van der Waals surface area contributed by atoms with Gasteiger partial charge in [-0.25, -0.2) is 0 Å². The van der Waals surface area contributed by atoms with Crippen molar-refractivity contribution < 1.29 is 9.59 Å². The Balaban J connectivity index is 2.15. The van der Waals surface area contributed by atoms with Crippen LogP contribution in [-0.2, 0) is 9.59 Å². The Morgan fingerprint density at radius 2 is 2.25 bits per heavy atom. The highest BCUT2D eigenvalue weighted by Crippen LogP contribution is 2.33. The molecule has 2 rings (SSSR count). The summed E-state index contributed by atoms with van der Waals surface area (Å²) in [5.74, 6) is -0.155. The predicted octanol–water partition coefficient (Wildman–Crippen LogP) is -0.517. The Hall–Kier alpha value is -1.06. The number of hydrogen-bond donors (Lipinski definition) is 1. The standard InChI is InChI=1S/C8H12N2O2/c9-8(12)5-3-4-10-6(5)1-2-7(10)11/h5-6H,1-4H2,(H2,9,12). The van der Waals surface area contributed by atoms with Crippen molar-refractivity contribution in [3.05, 3.63) is 0 Å². The first-order valence-corrected chi connectivity index (χ1v) is 4.29. The van der Waals surface area contributed by atoms with Gasteiger partial charge in [0, 0.05) is 19.0 Å². The van der Waals surface area contributed by atoms with E-state index in [0.29, 0.717) is 6.42 Å². The van der Waals surface area contributed by atoms with E-state index in [9.17, 15) is 9.59 Å². The van der Waals surface area contributed by atoms with Gasteiger partial charge in [0.15, 0.2) is 0 Å². The molecule has 2 heterocycles. The van der Waals surface area contributed by atoms with Crippen LogP contribution in [0.2, 0.25) is 0 Å². The Labute approximate surface area is 70.7 Å². The highest BCUT2D eigenvalue weighted by Gasteiger charge is 2.43. The summed E-state index contributed by atoms with van der Waals surface area (Å²) in [4.78, 5) is 23.9. The molecule has 66 valence electrons. The summed E-state index contributed by atoms with van der Waals surface area (Å²) in [6.07, 6.45) is 2.16. The molecule has 0 radical (unpaired) electrons. The maximum Gasteiger partial charge on any atom is 0.222 e. The van der Waals surface area contributed by atoms with Crippen LogP contribution < -0.4 is 5.73 Å². The lowest BCUT2D eigenvalue weighted by molar-refractivity contribution is -0.128. The molecule has 0 spiro atoms. The van der Waals surface area contributed by atoms with Crippen LogP contribution in [0.5, 0.6) is 0 Å². The van der Waals surface area contributed by atoms with Gasteiger partial charge in [0.1, 0.15) is 0 Å². The Bertz CT molecular complexity index is 239. The number of nitrogens with zero attached hydrogens (tertiary/aromatic N) is 1. The molecule has 0 aromatic heterocycles. The molecule has 0 aromatic rings. The first-order chi connectivity index (χ1) is 5.70. The van der Waals surface area contributed by atoms with Gasteiger partial charge < -0.3 is 10.6 Å². The Morgan fingerprint density at radius 1 is 1.50 bits per heavy atom. The molecule has 2 N–H and O–H groups in total. The molecule has 2 fully saturated rings. The molecule has 12 heavy (non-hydrogen) atoms. The van der Waals surface area contributed by atoms with Crippen molar-refractivity contribution in [1.82, 2.24) is 4.90 Å². The van der Waals surface area contributed by atoms with E-state index in [1.807, 2.05) is 0 Å². The minimum absolute atomic E-state index is 0.0866. The molecule has 0 bridgehead atoms. The molecular formula is C8H12N2O2. The van der Waals surface area contributed by atoms with Crippen molar-refractivity contribution in [3.63, 3.8) is 0 Å². The summed E-state index contributed by atoms with van der Waals surface area (Å²) in [7, 11) is 0. The summed E-state index contributed by atoms with van der Waals surface area (Å²) in [6, 6.07) is 0.120. The van der Waals surface area contributed by atoms with E-state index in [1.165, 1.54) is 0 Å². The molecule has 0 aromatic carbocycles. The van der Waals surface area contributed by atoms with Crippen molar-refractivity contribution >= 4 is 11.8 Å². The van der Waals surface area contributed by atoms with E-state index in [2.05, 4.69) is 0 Å². The minimum atomic E-state index is -0.253. The third kappa shape index (κ3) is 0.906. The molecule has 2 saturated heterocycles. The average molecular weight is 168 g/mol. The number of hydrogen-bond acceptors (Lipinski definition) is 2. The van der Waals surface area contributed by atoms with Crippen LogP contribution in [0.15, 0.2) is 0 Å². The van der Waals surface area contributed by atoms with Gasteiger partial charge in [0.05, 0.1) is 5.92 Å². The second-order valence-corrected chi connectivity index (χ2v) is 3.49.